The molecular weight excluding hydrogens is 411 g/mol. The van der Waals surface area contributed by atoms with E-state index in [0.29, 0.717) is 18.7 Å². The normalized spacial score (nSPS) is 14.2. The molecule has 3 rings (SSSR count). The van der Waals surface area contributed by atoms with Crippen LogP contribution in [0.15, 0.2) is 54.6 Å². The van der Waals surface area contributed by atoms with Crippen molar-refractivity contribution in [3.05, 3.63) is 60.2 Å². The molecule has 4 N–H and O–H groups in total. The smallest absolute Gasteiger partial charge is 0.238 e. The highest BCUT2D eigenvalue weighted by Crippen LogP contribution is 2.12. The molecule has 0 saturated carbocycles. The van der Waals surface area contributed by atoms with Gasteiger partial charge in [0, 0.05) is 30.5 Å². The van der Waals surface area contributed by atoms with Crippen LogP contribution in [0.2, 0.25) is 0 Å². The largest absolute Gasteiger partial charge is 0.399 e. The van der Waals surface area contributed by atoms with E-state index in [2.05, 4.69) is 15.5 Å². The number of nitrogen functional groups attached to an aromatic ring is 1. The van der Waals surface area contributed by atoms with Gasteiger partial charge in [0.1, 0.15) is 0 Å². The number of rotatable bonds is 6. The van der Waals surface area contributed by atoms with E-state index < -0.39 is 0 Å². The van der Waals surface area contributed by atoms with Gasteiger partial charge in [0.05, 0.1) is 13.0 Å². The van der Waals surface area contributed by atoms with Crippen LogP contribution in [0.3, 0.4) is 0 Å². The lowest BCUT2D eigenvalue weighted by Crippen LogP contribution is -2.46. The SMILES string of the molecule is Cl.Cl.Nc1ccc(CC(=O)NC2CCN(CC(=O)Nc3ccccc3)CC2)cc1. The van der Waals surface area contributed by atoms with Crippen molar-refractivity contribution in [1.82, 2.24) is 10.2 Å². The molecule has 2 aromatic rings. The summed E-state index contributed by atoms with van der Waals surface area (Å²) < 4.78 is 0. The Hall–Kier alpha value is -2.28. The summed E-state index contributed by atoms with van der Waals surface area (Å²) in [4.78, 5) is 26.5. The number of nitrogens with zero attached hydrogens (tertiary/aromatic N) is 1. The Bertz CT molecular complexity index is 764. The average Bonchev–Trinajstić information content (AvgIpc) is 2.66. The molecular formula is C21H28Cl2N4O2. The van der Waals surface area contributed by atoms with E-state index in [1.807, 2.05) is 54.6 Å². The van der Waals surface area contributed by atoms with Gasteiger partial charge < -0.3 is 16.4 Å². The number of carbonyl (C=O) groups excluding carboxylic acids is 2. The lowest BCUT2D eigenvalue weighted by Gasteiger charge is -2.31. The fourth-order valence-electron chi connectivity index (χ4n) is 3.26. The van der Waals surface area contributed by atoms with Crippen LogP contribution < -0.4 is 16.4 Å². The van der Waals surface area contributed by atoms with E-state index in [9.17, 15) is 9.59 Å². The number of benzene rings is 2. The first-order valence-corrected chi connectivity index (χ1v) is 9.29. The molecule has 0 atom stereocenters. The van der Waals surface area contributed by atoms with Crippen molar-refractivity contribution in [3.63, 3.8) is 0 Å². The van der Waals surface area contributed by atoms with E-state index in [1.165, 1.54) is 0 Å². The Morgan fingerprint density at radius 2 is 1.55 bits per heavy atom. The number of nitrogens with two attached hydrogens (primary N) is 1. The fraction of sp³-hybridized carbons (Fsp3) is 0.333. The van der Waals surface area contributed by atoms with Crippen LogP contribution in [-0.2, 0) is 16.0 Å². The maximum Gasteiger partial charge on any atom is 0.238 e. The molecule has 1 saturated heterocycles. The minimum Gasteiger partial charge on any atom is -0.399 e. The number of hydrogen-bond acceptors (Lipinski definition) is 4. The summed E-state index contributed by atoms with van der Waals surface area (Å²) in [6.45, 7) is 1.98. The Kier molecular flexibility index (Phi) is 10.5. The minimum absolute atomic E-state index is 0. The van der Waals surface area contributed by atoms with Crippen molar-refractivity contribution in [2.24, 2.45) is 0 Å². The first-order chi connectivity index (χ1) is 13.1. The Labute approximate surface area is 184 Å². The molecule has 0 spiro atoms. The Balaban J connectivity index is 0.00000210. The number of carbonyl (C=O) groups is 2. The summed E-state index contributed by atoms with van der Waals surface area (Å²) in [5, 5.41) is 6.00. The quantitative estimate of drug-likeness (QED) is 0.604. The number of nitrogens with one attached hydrogen (secondary N) is 2. The fourth-order valence-corrected chi connectivity index (χ4v) is 3.26. The number of halogens is 2. The topological polar surface area (TPSA) is 87.5 Å². The van der Waals surface area contributed by atoms with Gasteiger partial charge in [-0.3, -0.25) is 14.5 Å². The van der Waals surface area contributed by atoms with Gasteiger partial charge in [-0.2, -0.15) is 0 Å². The predicted octanol–water partition coefficient (Wildman–Crippen LogP) is 2.87. The second kappa shape index (κ2) is 12.3. The molecule has 1 heterocycles. The maximum atomic E-state index is 12.2. The minimum atomic E-state index is -0.00737. The highest BCUT2D eigenvalue weighted by Gasteiger charge is 2.22. The third kappa shape index (κ3) is 8.31. The van der Waals surface area contributed by atoms with Crippen LogP contribution in [0, 0.1) is 0 Å². The van der Waals surface area contributed by atoms with E-state index in [1.54, 1.807) is 0 Å². The molecule has 2 amide bonds. The molecule has 0 unspecified atom stereocenters. The standard InChI is InChI=1S/C21H26N4O2.2ClH/c22-17-8-6-16(7-9-17)14-20(26)23-19-10-12-25(13-11-19)15-21(27)24-18-4-2-1-3-5-18;;/h1-9,19H,10-15,22H2,(H,23,26)(H,24,27);2*1H. The van der Waals surface area contributed by atoms with Crippen molar-refractivity contribution in [3.8, 4) is 0 Å². The Morgan fingerprint density at radius 1 is 0.931 bits per heavy atom. The van der Waals surface area contributed by atoms with Crippen LogP contribution >= 0.6 is 24.8 Å². The number of piperidine rings is 1. The van der Waals surface area contributed by atoms with Gasteiger partial charge in [0.25, 0.3) is 0 Å². The monoisotopic (exact) mass is 438 g/mol. The van der Waals surface area contributed by atoms with Crippen LogP contribution in [0.5, 0.6) is 0 Å². The number of anilines is 2. The molecule has 158 valence electrons. The number of amides is 2. The van der Waals surface area contributed by atoms with Gasteiger partial charge in [-0.15, -0.1) is 24.8 Å². The summed E-state index contributed by atoms with van der Waals surface area (Å²) in [6, 6.07) is 17.0. The molecule has 1 fully saturated rings. The summed E-state index contributed by atoms with van der Waals surface area (Å²) in [6.07, 6.45) is 2.07. The summed E-state index contributed by atoms with van der Waals surface area (Å²) in [7, 11) is 0. The van der Waals surface area contributed by atoms with Crippen molar-refractivity contribution in [1.29, 1.82) is 0 Å². The zero-order valence-electron chi connectivity index (χ0n) is 16.2. The van der Waals surface area contributed by atoms with Crippen LogP contribution in [0.25, 0.3) is 0 Å². The second-order valence-electron chi connectivity index (χ2n) is 6.95. The van der Waals surface area contributed by atoms with Crippen LogP contribution in [0.1, 0.15) is 18.4 Å². The molecule has 0 aliphatic carbocycles. The van der Waals surface area contributed by atoms with E-state index in [-0.39, 0.29) is 42.7 Å². The van der Waals surface area contributed by atoms with Crippen molar-refractivity contribution in [2.45, 2.75) is 25.3 Å². The van der Waals surface area contributed by atoms with Crippen LogP contribution in [-0.4, -0.2) is 42.4 Å². The summed E-state index contributed by atoms with van der Waals surface area (Å²) >= 11 is 0. The second-order valence-corrected chi connectivity index (χ2v) is 6.95. The molecule has 8 heteroatoms. The molecule has 2 aromatic carbocycles. The molecule has 0 radical (unpaired) electrons. The van der Waals surface area contributed by atoms with Crippen LogP contribution in [0.4, 0.5) is 11.4 Å². The predicted molar refractivity (Wildman–Crippen MR) is 122 cm³/mol. The van der Waals surface area contributed by atoms with Gasteiger partial charge in [-0.05, 0) is 42.7 Å². The first kappa shape index (κ1) is 24.8. The number of hydrogen-bond donors (Lipinski definition) is 3. The lowest BCUT2D eigenvalue weighted by atomic mass is 10.0. The molecule has 1 aliphatic heterocycles. The molecule has 0 bridgehead atoms. The highest BCUT2D eigenvalue weighted by atomic mass is 35.5. The van der Waals surface area contributed by atoms with Gasteiger partial charge in [0.2, 0.25) is 11.8 Å². The van der Waals surface area contributed by atoms with E-state index in [0.717, 1.165) is 37.2 Å². The van der Waals surface area contributed by atoms with E-state index >= 15 is 0 Å². The Morgan fingerprint density at radius 3 is 2.17 bits per heavy atom. The third-order valence-electron chi connectivity index (χ3n) is 4.72. The highest BCUT2D eigenvalue weighted by molar-refractivity contribution is 5.92. The van der Waals surface area contributed by atoms with Gasteiger partial charge in [-0.1, -0.05) is 30.3 Å². The van der Waals surface area contributed by atoms with Gasteiger partial charge in [-0.25, -0.2) is 0 Å². The van der Waals surface area contributed by atoms with Gasteiger partial charge >= 0.3 is 0 Å². The molecule has 29 heavy (non-hydrogen) atoms. The summed E-state index contributed by atoms with van der Waals surface area (Å²) in [5.74, 6) is 0.0204. The first-order valence-electron chi connectivity index (χ1n) is 9.29. The molecule has 1 aliphatic rings. The van der Waals surface area contributed by atoms with Crippen molar-refractivity contribution < 1.29 is 9.59 Å². The molecule has 6 nitrogen and oxygen atoms in total. The average molecular weight is 439 g/mol. The van der Waals surface area contributed by atoms with Crippen molar-refractivity contribution >= 4 is 48.0 Å². The van der Waals surface area contributed by atoms with E-state index in [4.69, 9.17) is 5.73 Å². The number of para-hydroxylation sites is 1. The maximum absolute atomic E-state index is 12.2. The molecule has 0 aromatic heterocycles. The van der Waals surface area contributed by atoms with Crippen molar-refractivity contribution in [2.75, 3.05) is 30.7 Å². The third-order valence-corrected chi connectivity index (χ3v) is 4.72. The zero-order chi connectivity index (χ0) is 19.1. The lowest BCUT2D eigenvalue weighted by molar-refractivity contribution is -0.122. The zero-order valence-corrected chi connectivity index (χ0v) is 17.8. The summed E-state index contributed by atoms with van der Waals surface area (Å²) in [5.41, 5.74) is 8.13. The number of likely N-dealkylation sites (tertiary alicyclic amines) is 1. The van der Waals surface area contributed by atoms with Gasteiger partial charge in [0.15, 0.2) is 0 Å².